The third-order valence-corrected chi connectivity index (χ3v) is 3.38. The summed E-state index contributed by atoms with van der Waals surface area (Å²) in [5.74, 6) is -0.443. The van der Waals surface area contributed by atoms with Crippen LogP contribution in [0.3, 0.4) is 0 Å². The highest BCUT2D eigenvalue weighted by Crippen LogP contribution is 2.19. The number of hydrogen-bond acceptors (Lipinski definition) is 3. The molecule has 0 spiro atoms. The Hall–Kier alpha value is -2.82. The highest BCUT2D eigenvalue weighted by atomic mass is 16.5. The Morgan fingerprint density at radius 2 is 2.00 bits per heavy atom. The standard InChI is InChI=1S/C17H16N2O3/c20-17(21)14-12-19-10-4-9-15(16(19)18-14)22-11-5-8-13-6-2-1-3-7-13/h1-4,6-7,9-10,12H,5,8,11H2,(H,20,21). The molecule has 0 radical (unpaired) electrons. The number of imidazole rings is 1. The summed E-state index contributed by atoms with van der Waals surface area (Å²) in [5.41, 5.74) is 1.82. The number of aromatic carboxylic acids is 1. The van der Waals surface area contributed by atoms with Crippen molar-refractivity contribution >= 4 is 11.6 Å². The van der Waals surface area contributed by atoms with E-state index in [-0.39, 0.29) is 5.69 Å². The summed E-state index contributed by atoms with van der Waals surface area (Å²) in [6.45, 7) is 0.559. The number of aromatic nitrogens is 2. The maximum atomic E-state index is 11.0. The number of carboxylic acid groups (broad SMARTS) is 1. The molecule has 0 unspecified atom stereocenters. The molecule has 0 aliphatic rings. The predicted molar refractivity (Wildman–Crippen MR) is 82.4 cm³/mol. The van der Waals surface area contributed by atoms with E-state index in [1.54, 1.807) is 16.7 Å². The van der Waals surface area contributed by atoms with Crippen LogP contribution >= 0.6 is 0 Å². The summed E-state index contributed by atoms with van der Waals surface area (Å²) in [6, 6.07) is 13.8. The van der Waals surface area contributed by atoms with Crippen LogP contribution < -0.4 is 4.74 Å². The van der Waals surface area contributed by atoms with Crippen LogP contribution in [0.25, 0.3) is 5.65 Å². The molecule has 1 aromatic carbocycles. The van der Waals surface area contributed by atoms with Gasteiger partial charge in [-0.15, -0.1) is 0 Å². The Morgan fingerprint density at radius 1 is 1.18 bits per heavy atom. The van der Waals surface area contributed by atoms with Gasteiger partial charge < -0.3 is 14.2 Å². The molecule has 0 saturated heterocycles. The summed E-state index contributed by atoms with van der Waals surface area (Å²) >= 11 is 0. The van der Waals surface area contributed by atoms with E-state index in [9.17, 15) is 4.79 Å². The van der Waals surface area contributed by atoms with Crippen LogP contribution in [0.1, 0.15) is 22.5 Å². The summed E-state index contributed by atoms with van der Waals surface area (Å²) in [4.78, 5) is 15.1. The molecule has 0 fully saturated rings. The number of benzene rings is 1. The van der Waals surface area contributed by atoms with Crippen LogP contribution in [0.2, 0.25) is 0 Å². The van der Waals surface area contributed by atoms with Gasteiger partial charge in [0.2, 0.25) is 0 Å². The molecule has 0 atom stereocenters. The lowest BCUT2D eigenvalue weighted by Gasteiger charge is -2.07. The molecule has 2 aromatic heterocycles. The number of hydrogen-bond donors (Lipinski definition) is 1. The number of fused-ring (bicyclic) bond motifs is 1. The van der Waals surface area contributed by atoms with Gasteiger partial charge in [0.25, 0.3) is 0 Å². The maximum absolute atomic E-state index is 11.0. The first-order valence-electron chi connectivity index (χ1n) is 7.12. The Kier molecular flexibility index (Phi) is 4.05. The van der Waals surface area contributed by atoms with Crippen LogP contribution in [0.5, 0.6) is 5.75 Å². The zero-order chi connectivity index (χ0) is 15.4. The van der Waals surface area contributed by atoms with Crippen molar-refractivity contribution in [3.63, 3.8) is 0 Å². The van der Waals surface area contributed by atoms with Crippen LogP contribution in [0.4, 0.5) is 0 Å². The largest absolute Gasteiger partial charge is 0.490 e. The molecule has 2 heterocycles. The van der Waals surface area contributed by atoms with Gasteiger partial charge in [0.05, 0.1) is 6.61 Å². The Balaban J connectivity index is 1.65. The van der Waals surface area contributed by atoms with Crippen LogP contribution in [0.15, 0.2) is 54.9 Å². The molecule has 0 saturated carbocycles. The number of rotatable bonds is 6. The van der Waals surface area contributed by atoms with E-state index in [0.29, 0.717) is 18.0 Å². The average Bonchev–Trinajstić information content (AvgIpc) is 2.98. The van der Waals surface area contributed by atoms with Crippen molar-refractivity contribution in [2.75, 3.05) is 6.61 Å². The molecule has 5 heteroatoms. The molecule has 5 nitrogen and oxygen atoms in total. The molecule has 0 bridgehead atoms. The summed E-state index contributed by atoms with van der Waals surface area (Å²) in [6.07, 6.45) is 5.07. The van der Waals surface area contributed by atoms with Crippen molar-refractivity contribution in [2.45, 2.75) is 12.8 Å². The number of carboxylic acids is 1. The quantitative estimate of drug-likeness (QED) is 0.710. The van der Waals surface area contributed by atoms with Crippen LogP contribution in [0, 0.1) is 0 Å². The van der Waals surface area contributed by atoms with E-state index < -0.39 is 5.97 Å². The lowest BCUT2D eigenvalue weighted by atomic mass is 10.1. The molecule has 112 valence electrons. The van der Waals surface area contributed by atoms with Crippen LogP contribution in [-0.2, 0) is 6.42 Å². The number of carbonyl (C=O) groups is 1. The highest BCUT2D eigenvalue weighted by Gasteiger charge is 2.11. The van der Waals surface area contributed by atoms with Crippen molar-refractivity contribution in [1.29, 1.82) is 0 Å². The third kappa shape index (κ3) is 3.09. The minimum absolute atomic E-state index is 0.0142. The monoisotopic (exact) mass is 296 g/mol. The van der Waals surface area contributed by atoms with Gasteiger partial charge >= 0.3 is 5.97 Å². The fraction of sp³-hybridized carbons (Fsp3) is 0.176. The Labute approximate surface area is 127 Å². The van der Waals surface area contributed by atoms with E-state index in [1.165, 1.54) is 11.8 Å². The fourth-order valence-electron chi connectivity index (χ4n) is 2.31. The number of aryl methyl sites for hydroxylation is 1. The maximum Gasteiger partial charge on any atom is 0.356 e. The van der Waals surface area contributed by atoms with Gasteiger partial charge in [-0.05, 0) is 30.5 Å². The predicted octanol–water partition coefficient (Wildman–Crippen LogP) is 3.04. The lowest BCUT2D eigenvalue weighted by Crippen LogP contribution is -2.01. The lowest BCUT2D eigenvalue weighted by molar-refractivity contribution is 0.0691. The number of nitrogens with zero attached hydrogens (tertiary/aromatic N) is 2. The topological polar surface area (TPSA) is 63.8 Å². The molecule has 0 amide bonds. The van der Waals surface area contributed by atoms with E-state index in [4.69, 9.17) is 9.84 Å². The molecule has 22 heavy (non-hydrogen) atoms. The first-order chi connectivity index (χ1) is 10.7. The fourth-order valence-corrected chi connectivity index (χ4v) is 2.31. The Morgan fingerprint density at radius 3 is 2.77 bits per heavy atom. The van der Waals surface area contributed by atoms with Crippen molar-refractivity contribution in [3.8, 4) is 5.75 Å². The second kappa shape index (κ2) is 6.30. The van der Waals surface area contributed by atoms with Gasteiger partial charge in [0.1, 0.15) is 0 Å². The summed E-state index contributed by atoms with van der Waals surface area (Å²) in [5, 5.41) is 9.00. The SMILES string of the molecule is O=C(O)c1cn2cccc(OCCCc3ccccc3)c2n1. The first kappa shape index (κ1) is 14.1. The van der Waals surface area contributed by atoms with Crippen LogP contribution in [-0.4, -0.2) is 27.1 Å². The van der Waals surface area contributed by atoms with Crippen molar-refractivity contribution in [3.05, 3.63) is 66.1 Å². The smallest absolute Gasteiger partial charge is 0.356 e. The first-order valence-corrected chi connectivity index (χ1v) is 7.12. The van der Waals surface area contributed by atoms with Gasteiger partial charge in [-0.25, -0.2) is 9.78 Å². The molecule has 0 aliphatic carbocycles. The van der Waals surface area contributed by atoms with Crippen molar-refractivity contribution in [2.24, 2.45) is 0 Å². The van der Waals surface area contributed by atoms with Gasteiger partial charge in [-0.3, -0.25) is 0 Å². The summed E-state index contributed by atoms with van der Waals surface area (Å²) < 4.78 is 7.42. The zero-order valence-electron chi connectivity index (χ0n) is 12.0. The van der Waals surface area contributed by atoms with E-state index in [0.717, 1.165) is 12.8 Å². The second-order valence-corrected chi connectivity index (χ2v) is 4.97. The molecular weight excluding hydrogens is 280 g/mol. The second-order valence-electron chi connectivity index (χ2n) is 4.97. The highest BCUT2D eigenvalue weighted by molar-refractivity contribution is 5.86. The van der Waals surface area contributed by atoms with Crippen molar-refractivity contribution < 1.29 is 14.6 Å². The number of pyridine rings is 1. The van der Waals surface area contributed by atoms with Gasteiger partial charge in [-0.2, -0.15) is 0 Å². The van der Waals surface area contributed by atoms with E-state index in [2.05, 4.69) is 17.1 Å². The minimum atomic E-state index is -1.04. The number of ether oxygens (including phenoxy) is 1. The van der Waals surface area contributed by atoms with Crippen molar-refractivity contribution in [1.82, 2.24) is 9.38 Å². The molecule has 3 rings (SSSR count). The molecular formula is C17H16N2O3. The van der Waals surface area contributed by atoms with Gasteiger partial charge in [-0.1, -0.05) is 30.3 Å². The van der Waals surface area contributed by atoms with Gasteiger partial charge in [0.15, 0.2) is 17.1 Å². The van der Waals surface area contributed by atoms with Gasteiger partial charge in [0, 0.05) is 12.4 Å². The zero-order valence-corrected chi connectivity index (χ0v) is 12.0. The normalized spacial score (nSPS) is 10.7. The molecule has 3 aromatic rings. The molecule has 0 aliphatic heterocycles. The minimum Gasteiger partial charge on any atom is -0.490 e. The van der Waals surface area contributed by atoms with E-state index >= 15 is 0 Å². The van der Waals surface area contributed by atoms with E-state index in [1.807, 2.05) is 24.3 Å². The third-order valence-electron chi connectivity index (χ3n) is 3.38. The molecule has 1 N–H and O–H groups in total. The Bertz CT molecular complexity index is 781. The summed E-state index contributed by atoms with van der Waals surface area (Å²) in [7, 11) is 0. The average molecular weight is 296 g/mol.